The first-order valence-corrected chi connectivity index (χ1v) is 16.8. The van der Waals surface area contributed by atoms with Crippen LogP contribution in [0.25, 0.3) is 0 Å². The fraction of sp³-hybridized carbons (Fsp3) is 0.889. The second-order valence-corrected chi connectivity index (χ2v) is 11.2. The lowest BCUT2D eigenvalue weighted by molar-refractivity contribution is 0.555. The summed E-state index contributed by atoms with van der Waals surface area (Å²) < 4.78 is 0. The normalized spacial score (nSPS) is 10.6. The van der Waals surface area contributed by atoms with E-state index >= 15 is 0 Å². The highest BCUT2D eigenvalue weighted by Gasteiger charge is 1.94. The summed E-state index contributed by atoms with van der Waals surface area (Å²) >= 11 is 0. The molecule has 0 aromatic rings. The lowest BCUT2D eigenvalue weighted by atomic mass is 10.0. The van der Waals surface area contributed by atoms with E-state index in [9.17, 15) is 0 Å². The van der Waals surface area contributed by atoms with Gasteiger partial charge in [-0.25, -0.2) is 0 Å². The van der Waals surface area contributed by atoms with Gasteiger partial charge >= 0.3 is 0 Å². The van der Waals surface area contributed by atoms with Crippen LogP contribution >= 0.6 is 0 Å². The molecule has 0 unspecified atom stereocenters. The zero-order valence-corrected chi connectivity index (χ0v) is 25.2. The van der Waals surface area contributed by atoms with Crippen molar-refractivity contribution in [2.45, 2.75) is 206 Å². The molecule has 0 atom stereocenters. The highest BCUT2D eigenvalue weighted by molar-refractivity contribution is 4.99. The predicted molar refractivity (Wildman–Crippen MR) is 165 cm³/mol. The highest BCUT2D eigenvalue weighted by Crippen LogP contribution is 2.13. The summed E-state index contributed by atoms with van der Waals surface area (Å²) in [7, 11) is 0. The van der Waals surface area contributed by atoms with Gasteiger partial charge in [-0.3, -0.25) is 0 Å². The molecule has 0 aromatic carbocycles. The molecule has 0 rings (SSSR count). The summed E-state index contributed by atoms with van der Waals surface area (Å²) in [5.41, 5.74) is 0. The molecule has 0 aliphatic heterocycles. The molecule has 0 saturated heterocycles. The molecule has 0 amide bonds. The Morgan fingerprint density at radius 1 is 0.222 bits per heavy atom. The summed E-state index contributed by atoms with van der Waals surface area (Å²) in [6.07, 6.45) is 40.8. The number of unbranched alkanes of at least 4 members (excludes halogenated alkanes) is 27. The van der Waals surface area contributed by atoms with E-state index in [1.807, 2.05) is 0 Å². The SMILES string of the molecule is CCCCCCCCCCC#CCCCCCCCCCCCCC#CCCCCCCCCCC. The first-order chi connectivity index (χ1) is 17.9. The van der Waals surface area contributed by atoms with E-state index in [2.05, 4.69) is 37.5 Å². The lowest BCUT2D eigenvalue weighted by Gasteiger charge is -2.01. The van der Waals surface area contributed by atoms with Gasteiger partial charge in [0.1, 0.15) is 0 Å². The minimum absolute atomic E-state index is 1.12. The van der Waals surface area contributed by atoms with E-state index in [-0.39, 0.29) is 0 Å². The van der Waals surface area contributed by atoms with Crippen molar-refractivity contribution >= 4 is 0 Å². The molecular weight excluding hydrogens is 432 g/mol. The molecule has 0 saturated carbocycles. The first kappa shape index (κ1) is 35.1. The molecule has 0 radical (unpaired) electrons. The third-order valence-electron chi connectivity index (χ3n) is 7.41. The molecule has 0 fully saturated rings. The molecule has 0 bridgehead atoms. The van der Waals surface area contributed by atoms with Crippen LogP contribution in [0.3, 0.4) is 0 Å². The van der Waals surface area contributed by atoms with Crippen molar-refractivity contribution in [3.8, 4) is 23.7 Å². The topological polar surface area (TPSA) is 0 Å². The van der Waals surface area contributed by atoms with E-state index in [1.54, 1.807) is 0 Å². The van der Waals surface area contributed by atoms with Crippen molar-refractivity contribution in [2.75, 3.05) is 0 Å². The van der Waals surface area contributed by atoms with Gasteiger partial charge in [0.2, 0.25) is 0 Å². The summed E-state index contributed by atoms with van der Waals surface area (Å²) in [5, 5.41) is 0. The van der Waals surface area contributed by atoms with Gasteiger partial charge in [0.05, 0.1) is 0 Å². The number of hydrogen-bond donors (Lipinski definition) is 0. The first-order valence-electron chi connectivity index (χ1n) is 16.8. The van der Waals surface area contributed by atoms with Crippen LogP contribution in [0.2, 0.25) is 0 Å². The average molecular weight is 499 g/mol. The largest absolute Gasteiger partial charge is 0.103 e. The molecule has 0 heterocycles. The maximum Gasteiger partial charge on any atom is 0.00886 e. The smallest absolute Gasteiger partial charge is 0.00886 e. The number of rotatable bonds is 27. The fourth-order valence-corrected chi connectivity index (χ4v) is 4.89. The average Bonchev–Trinajstić information content (AvgIpc) is 2.89. The Hall–Kier alpha value is -0.880. The van der Waals surface area contributed by atoms with Crippen LogP contribution in [0.4, 0.5) is 0 Å². The van der Waals surface area contributed by atoms with Crippen LogP contribution in [-0.2, 0) is 0 Å². The van der Waals surface area contributed by atoms with Gasteiger partial charge in [-0.05, 0) is 25.7 Å². The van der Waals surface area contributed by atoms with E-state index in [0.29, 0.717) is 0 Å². The molecule has 36 heavy (non-hydrogen) atoms. The van der Waals surface area contributed by atoms with Gasteiger partial charge < -0.3 is 0 Å². The quantitative estimate of drug-likeness (QED) is 0.0780. The maximum absolute atomic E-state index is 3.41. The van der Waals surface area contributed by atoms with Crippen LogP contribution in [-0.4, -0.2) is 0 Å². The third-order valence-corrected chi connectivity index (χ3v) is 7.41. The summed E-state index contributed by atoms with van der Waals surface area (Å²) in [6.45, 7) is 4.58. The molecule has 0 aliphatic rings. The van der Waals surface area contributed by atoms with Crippen molar-refractivity contribution in [2.24, 2.45) is 0 Å². The Morgan fingerprint density at radius 2 is 0.389 bits per heavy atom. The van der Waals surface area contributed by atoms with Gasteiger partial charge in [0.25, 0.3) is 0 Å². The Morgan fingerprint density at radius 3 is 0.583 bits per heavy atom. The standard InChI is InChI=1S/C36H66/c1-3-5-7-9-11-13-15-17-19-21-23-25-27-29-31-33-35-36-34-32-30-28-26-24-22-20-18-16-14-12-10-8-6-4-2/h3-20,25-36H2,1-2H3. The second kappa shape index (κ2) is 34.1. The minimum Gasteiger partial charge on any atom is -0.103 e. The van der Waals surface area contributed by atoms with Crippen molar-refractivity contribution in [3.63, 3.8) is 0 Å². The van der Waals surface area contributed by atoms with E-state index in [0.717, 1.165) is 25.7 Å². The lowest BCUT2D eigenvalue weighted by Crippen LogP contribution is -1.82. The van der Waals surface area contributed by atoms with Gasteiger partial charge in [-0.15, -0.1) is 23.7 Å². The van der Waals surface area contributed by atoms with Crippen LogP contribution in [0.15, 0.2) is 0 Å². The molecule has 0 spiro atoms. The summed E-state index contributed by atoms with van der Waals surface area (Å²) in [6, 6.07) is 0. The fourth-order valence-electron chi connectivity index (χ4n) is 4.89. The zero-order chi connectivity index (χ0) is 26.0. The third kappa shape index (κ3) is 33.1. The van der Waals surface area contributed by atoms with Crippen molar-refractivity contribution in [1.29, 1.82) is 0 Å². The molecule has 0 aliphatic carbocycles. The monoisotopic (exact) mass is 499 g/mol. The van der Waals surface area contributed by atoms with E-state index in [4.69, 9.17) is 0 Å². The summed E-state index contributed by atoms with van der Waals surface area (Å²) in [5.74, 6) is 13.6. The van der Waals surface area contributed by atoms with Gasteiger partial charge in [-0.1, -0.05) is 155 Å². The van der Waals surface area contributed by atoms with Gasteiger partial charge in [-0.2, -0.15) is 0 Å². The van der Waals surface area contributed by atoms with Crippen molar-refractivity contribution < 1.29 is 0 Å². The molecule has 0 aromatic heterocycles. The van der Waals surface area contributed by atoms with Gasteiger partial charge in [0.15, 0.2) is 0 Å². The Labute approximate surface area is 230 Å². The molecule has 0 N–H and O–H groups in total. The van der Waals surface area contributed by atoms with Crippen LogP contribution in [0, 0.1) is 23.7 Å². The molecular formula is C36H66. The van der Waals surface area contributed by atoms with Crippen LogP contribution < -0.4 is 0 Å². The molecule has 0 heteroatoms. The summed E-state index contributed by atoms with van der Waals surface area (Å²) in [4.78, 5) is 0. The number of hydrogen-bond acceptors (Lipinski definition) is 0. The van der Waals surface area contributed by atoms with E-state index < -0.39 is 0 Å². The Balaban J connectivity index is 3.15. The van der Waals surface area contributed by atoms with Crippen molar-refractivity contribution in [1.82, 2.24) is 0 Å². The molecule has 210 valence electrons. The Kier molecular flexibility index (Phi) is 33.3. The van der Waals surface area contributed by atoms with Gasteiger partial charge in [0, 0.05) is 25.7 Å². The predicted octanol–water partition coefficient (Wildman–Crippen LogP) is 12.7. The van der Waals surface area contributed by atoms with Crippen LogP contribution in [0.5, 0.6) is 0 Å². The molecule has 0 nitrogen and oxygen atoms in total. The second-order valence-electron chi connectivity index (χ2n) is 11.2. The van der Waals surface area contributed by atoms with E-state index in [1.165, 1.54) is 167 Å². The minimum atomic E-state index is 1.12. The Bertz CT molecular complexity index is 460. The maximum atomic E-state index is 3.41. The van der Waals surface area contributed by atoms with Crippen molar-refractivity contribution in [3.05, 3.63) is 0 Å². The zero-order valence-electron chi connectivity index (χ0n) is 25.2. The highest BCUT2D eigenvalue weighted by atomic mass is 14.0. The van der Waals surface area contributed by atoms with Crippen LogP contribution in [0.1, 0.15) is 206 Å².